The highest BCUT2D eigenvalue weighted by molar-refractivity contribution is 5.92. The Bertz CT molecular complexity index is 1160. The van der Waals surface area contributed by atoms with Gasteiger partial charge in [-0.3, -0.25) is 0 Å². The van der Waals surface area contributed by atoms with Crippen LogP contribution in [0.2, 0.25) is 0 Å². The van der Waals surface area contributed by atoms with E-state index in [-0.39, 0.29) is 0 Å². The first-order valence-corrected chi connectivity index (χ1v) is 10.1. The van der Waals surface area contributed by atoms with Crippen molar-refractivity contribution in [1.82, 2.24) is 19.6 Å². The van der Waals surface area contributed by atoms with E-state index in [2.05, 4.69) is 49.5 Å². The van der Waals surface area contributed by atoms with E-state index < -0.39 is 0 Å². The molecule has 7 heteroatoms. The van der Waals surface area contributed by atoms with Crippen LogP contribution < -0.4 is 14.5 Å². The number of methoxy groups -OCH3 is 1. The smallest absolute Gasteiger partial charge is 0.213 e. The molecule has 3 heterocycles. The maximum atomic E-state index is 5.55. The molecule has 0 spiro atoms. The van der Waals surface area contributed by atoms with E-state index in [1.165, 1.54) is 0 Å². The molecule has 0 radical (unpaired) electrons. The lowest BCUT2D eigenvalue weighted by Crippen LogP contribution is -2.47. The van der Waals surface area contributed by atoms with Crippen LogP contribution in [-0.2, 0) is 6.42 Å². The highest BCUT2D eigenvalue weighted by Gasteiger charge is 2.24. The van der Waals surface area contributed by atoms with E-state index in [1.807, 2.05) is 30.3 Å². The number of hydrogen-bond donors (Lipinski definition) is 0. The second-order valence-electron chi connectivity index (χ2n) is 7.20. The second-order valence-corrected chi connectivity index (χ2v) is 7.20. The van der Waals surface area contributed by atoms with Crippen LogP contribution in [0.3, 0.4) is 0 Å². The Morgan fingerprint density at radius 3 is 2.41 bits per heavy atom. The van der Waals surface area contributed by atoms with E-state index in [9.17, 15) is 0 Å². The molecular weight excluding hydrogens is 364 g/mol. The van der Waals surface area contributed by atoms with Crippen molar-refractivity contribution >= 4 is 28.2 Å². The lowest BCUT2D eigenvalue weighted by molar-refractivity contribution is 0.413. The third-order valence-corrected chi connectivity index (χ3v) is 5.60. The molecule has 1 aliphatic heterocycles. The van der Waals surface area contributed by atoms with Gasteiger partial charge in [-0.25, -0.2) is 9.38 Å². The average molecular weight is 388 g/mol. The number of fused-ring (bicyclic) bond motifs is 3. The monoisotopic (exact) mass is 388 g/mol. The fourth-order valence-electron chi connectivity index (χ4n) is 4.10. The lowest BCUT2D eigenvalue weighted by Gasteiger charge is -2.37. The van der Waals surface area contributed by atoms with E-state index >= 15 is 0 Å². The number of rotatable bonds is 4. The van der Waals surface area contributed by atoms with Gasteiger partial charge >= 0.3 is 0 Å². The molecule has 7 nitrogen and oxygen atoms in total. The number of nitrogens with zero attached hydrogens (tertiary/aromatic N) is 6. The number of anilines is 2. The molecule has 0 amide bonds. The van der Waals surface area contributed by atoms with Crippen LogP contribution in [0.1, 0.15) is 12.7 Å². The van der Waals surface area contributed by atoms with Gasteiger partial charge in [0, 0.05) is 38.0 Å². The second kappa shape index (κ2) is 7.24. The molecule has 1 aliphatic rings. The molecular formula is C22H24N6O. The molecule has 2 aromatic carbocycles. The van der Waals surface area contributed by atoms with E-state index in [1.54, 1.807) is 7.11 Å². The summed E-state index contributed by atoms with van der Waals surface area (Å²) in [5.41, 5.74) is 2.98. The molecule has 29 heavy (non-hydrogen) atoms. The zero-order valence-electron chi connectivity index (χ0n) is 16.7. The molecule has 0 atom stereocenters. The number of aromatic nitrogens is 4. The Balaban J connectivity index is 1.51. The van der Waals surface area contributed by atoms with Crippen molar-refractivity contribution < 1.29 is 4.74 Å². The first-order chi connectivity index (χ1) is 14.3. The summed E-state index contributed by atoms with van der Waals surface area (Å²) >= 11 is 0. The minimum atomic E-state index is 0.815. The fraction of sp³-hybridized carbons (Fsp3) is 0.318. The third kappa shape index (κ3) is 2.93. The Hall–Kier alpha value is -3.35. The summed E-state index contributed by atoms with van der Waals surface area (Å²) < 4.78 is 7.67. The van der Waals surface area contributed by atoms with Gasteiger partial charge in [0.25, 0.3) is 0 Å². The van der Waals surface area contributed by atoms with Crippen LogP contribution in [0.5, 0.6) is 5.75 Å². The zero-order valence-corrected chi connectivity index (χ0v) is 16.7. The molecule has 1 fully saturated rings. The van der Waals surface area contributed by atoms with Crippen molar-refractivity contribution in [1.29, 1.82) is 0 Å². The maximum absolute atomic E-state index is 5.55. The van der Waals surface area contributed by atoms with Gasteiger partial charge in [-0.15, -0.1) is 10.2 Å². The molecule has 5 rings (SSSR count). The highest BCUT2D eigenvalue weighted by atomic mass is 16.5. The van der Waals surface area contributed by atoms with E-state index in [0.29, 0.717) is 0 Å². The van der Waals surface area contributed by atoms with Crippen LogP contribution in [0.4, 0.5) is 11.6 Å². The highest BCUT2D eigenvalue weighted by Crippen LogP contribution is 2.30. The first kappa shape index (κ1) is 17.7. The topological polar surface area (TPSA) is 58.8 Å². The normalized spacial score (nSPS) is 14.7. The van der Waals surface area contributed by atoms with Crippen LogP contribution in [0, 0.1) is 0 Å². The molecule has 1 saturated heterocycles. The molecule has 0 unspecified atom stereocenters. The third-order valence-electron chi connectivity index (χ3n) is 5.60. The van der Waals surface area contributed by atoms with Gasteiger partial charge in [0.1, 0.15) is 11.6 Å². The largest absolute Gasteiger partial charge is 0.495 e. The van der Waals surface area contributed by atoms with E-state index in [0.717, 1.165) is 72.4 Å². The molecule has 4 aromatic rings. The number of benzene rings is 2. The van der Waals surface area contributed by atoms with Crippen LogP contribution in [0.15, 0.2) is 48.5 Å². The molecule has 0 N–H and O–H groups in total. The van der Waals surface area contributed by atoms with Crippen molar-refractivity contribution in [2.45, 2.75) is 13.3 Å². The Morgan fingerprint density at radius 2 is 1.62 bits per heavy atom. The van der Waals surface area contributed by atoms with E-state index in [4.69, 9.17) is 9.72 Å². The molecule has 2 aromatic heterocycles. The van der Waals surface area contributed by atoms with Crippen molar-refractivity contribution in [3.8, 4) is 5.75 Å². The molecule has 0 aliphatic carbocycles. The lowest BCUT2D eigenvalue weighted by atomic mass is 10.2. The quantitative estimate of drug-likeness (QED) is 0.535. The summed E-state index contributed by atoms with van der Waals surface area (Å²) in [5, 5.41) is 9.94. The van der Waals surface area contributed by atoms with Crippen molar-refractivity contribution in [3.05, 3.63) is 54.4 Å². The average Bonchev–Trinajstić information content (AvgIpc) is 3.23. The van der Waals surface area contributed by atoms with Gasteiger partial charge in [-0.1, -0.05) is 31.2 Å². The molecule has 0 bridgehead atoms. The SMILES string of the molecule is CCc1nnc2c3ccccc3nc(N3CCN(c4ccccc4OC)CC3)n12. The first-order valence-electron chi connectivity index (χ1n) is 10.1. The van der Waals surface area contributed by atoms with Gasteiger partial charge in [-0.2, -0.15) is 0 Å². The van der Waals surface area contributed by atoms with Crippen molar-refractivity contribution in [2.24, 2.45) is 0 Å². The minimum Gasteiger partial charge on any atom is -0.495 e. The summed E-state index contributed by atoms with van der Waals surface area (Å²) in [4.78, 5) is 9.72. The Morgan fingerprint density at radius 1 is 0.897 bits per heavy atom. The van der Waals surface area contributed by atoms with Gasteiger partial charge in [0.15, 0.2) is 5.65 Å². The summed E-state index contributed by atoms with van der Waals surface area (Å²) in [6, 6.07) is 16.4. The standard InChI is InChI=1S/C22H24N6O/c1-3-20-24-25-21-16-8-4-5-9-17(16)23-22(28(20)21)27-14-12-26(13-15-27)18-10-6-7-11-19(18)29-2/h4-11H,3,12-15H2,1-2H3. The number of para-hydroxylation sites is 3. The van der Waals surface area contributed by atoms with Gasteiger partial charge < -0.3 is 14.5 Å². The number of piperazine rings is 1. The fourth-order valence-corrected chi connectivity index (χ4v) is 4.10. The van der Waals surface area contributed by atoms with Crippen molar-refractivity contribution in [3.63, 3.8) is 0 Å². The van der Waals surface area contributed by atoms with Crippen molar-refractivity contribution in [2.75, 3.05) is 43.1 Å². The van der Waals surface area contributed by atoms with Gasteiger partial charge in [0.05, 0.1) is 18.3 Å². The number of aryl methyl sites for hydroxylation is 1. The summed E-state index contributed by atoms with van der Waals surface area (Å²) in [7, 11) is 1.73. The van der Waals surface area contributed by atoms with Crippen LogP contribution >= 0.6 is 0 Å². The van der Waals surface area contributed by atoms with Crippen LogP contribution in [0.25, 0.3) is 16.6 Å². The number of hydrogen-bond acceptors (Lipinski definition) is 6. The predicted molar refractivity (Wildman–Crippen MR) is 115 cm³/mol. The number of ether oxygens (including phenoxy) is 1. The summed E-state index contributed by atoms with van der Waals surface area (Å²) in [6.07, 6.45) is 0.815. The van der Waals surface area contributed by atoms with Gasteiger partial charge in [-0.05, 0) is 24.3 Å². The predicted octanol–water partition coefficient (Wildman–Crippen LogP) is 3.18. The Labute approximate surface area is 169 Å². The Kier molecular flexibility index (Phi) is 4.42. The zero-order chi connectivity index (χ0) is 19.8. The van der Waals surface area contributed by atoms with Crippen LogP contribution in [-0.4, -0.2) is 52.9 Å². The summed E-state index contributed by atoms with van der Waals surface area (Å²) in [5.74, 6) is 2.79. The molecule has 148 valence electrons. The minimum absolute atomic E-state index is 0.815. The van der Waals surface area contributed by atoms with Gasteiger partial charge in [0.2, 0.25) is 5.95 Å². The summed E-state index contributed by atoms with van der Waals surface area (Å²) in [6.45, 7) is 5.66. The maximum Gasteiger partial charge on any atom is 0.213 e. The molecule has 0 saturated carbocycles.